The monoisotopic (exact) mass is 221 g/mol. The first kappa shape index (κ1) is 12.2. The SMILES string of the molecule is CC(C)(C)OC(=O)c1ccc(C=NO)cc1. The van der Waals surface area contributed by atoms with Gasteiger partial charge in [0.05, 0.1) is 11.8 Å². The molecule has 0 bridgehead atoms. The lowest BCUT2D eigenvalue weighted by Gasteiger charge is -2.19. The fraction of sp³-hybridized carbons (Fsp3) is 0.333. The Morgan fingerprint density at radius 2 is 1.88 bits per heavy atom. The lowest BCUT2D eigenvalue weighted by molar-refractivity contribution is 0.00695. The number of oxime groups is 1. The second-order valence-electron chi connectivity index (χ2n) is 4.37. The molecule has 0 saturated heterocycles. The van der Waals surface area contributed by atoms with Gasteiger partial charge in [-0.1, -0.05) is 17.3 Å². The smallest absolute Gasteiger partial charge is 0.338 e. The van der Waals surface area contributed by atoms with Crippen LogP contribution in [0.5, 0.6) is 0 Å². The van der Waals surface area contributed by atoms with Crippen LogP contribution in [0.15, 0.2) is 29.4 Å². The maximum Gasteiger partial charge on any atom is 0.338 e. The van der Waals surface area contributed by atoms with E-state index in [1.54, 1.807) is 24.3 Å². The number of hydrogen-bond donors (Lipinski definition) is 1. The number of benzene rings is 1. The van der Waals surface area contributed by atoms with Gasteiger partial charge in [-0.15, -0.1) is 0 Å². The Hall–Kier alpha value is -1.84. The summed E-state index contributed by atoms with van der Waals surface area (Å²) < 4.78 is 5.20. The number of esters is 1. The molecule has 0 aliphatic heterocycles. The Morgan fingerprint density at radius 1 is 1.31 bits per heavy atom. The van der Waals surface area contributed by atoms with Crippen molar-refractivity contribution in [2.24, 2.45) is 5.16 Å². The third-order valence-corrected chi connectivity index (χ3v) is 1.75. The lowest BCUT2D eigenvalue weighted by Crippen LogP contribution is -2.23. The summed E-state index contributed by atoms with van der Waals surface area (Å²) in [5, 5.41) is 11.2. The molecule has 0 amide bonds. The van der Waals surface area contributed by atoms with Crippen molar-refractivity contribution in [2.75, 3.05) is 0 Å². The number of carbonyl (C=O) groups is 1. The largest absolute Gasteiger partial charge is 0.456 e. The average Bonchev–Trinajstić information content (AvgIpc) is 2.16. The van der Waals surface area contributed by atoms with Crippen LogP contribution in [-0.2, 0) is 4.74 Å². The van der Waals surface area contributed by atoms with E-state index < -0.39 is 5.60 Å². The van der Waals surface area contributed by atoms with Crippen LogP contribution >= 0.6 is 0 Å². The van der Waals surface area contributed by atoms with Crippen molar-refractivity contribution in [3.8, 4) is 0 Å². The Balaban J connectivity index is 2.78. The molecule has 1 N–H and O–H groups in total. The standard InChI is InChI=1S/C12H15NO3/c1-12(2,3)16-11(14)10-6-4-9(5-7-10)8-13-15/h4-8,15H,1-3H3. The van der Waals surface area contributed by atoms with Crippen molar-refractivity contribution >= 4 is 12.2 Å². The van der Waals surface area contributed by atoms with Crippen LogP contribution in [0.3, 0.4) is 0 Å². The van der Waals surface area contributed by atoms with E-state index in [-0.39, 0.29) is 5.97 Å². The van der Waals surface area contributed by atoms with Crippen LogP contribution in [0, 0.1) is 0 Å². The highest BCUT2D eigenvalue weighted by Crippen LogP contribution is 2.12. The molecule has 0 unspecified atom stereocenters. The highest BCUT2D eigenvalue weighted by molar-refractivity contribution is 5.90. The molecule has 86 valence electrons. The van der Waals surface area contributed by atoms with Gasteiger partial charge < -0.3 is 9.94 Å². The lowest BCUT2D eigenvalue weighted by atomic mass is 10.1. The summed E-state index contributed by atoms with van der Waals surface area (Å²) in [7, 11) is 0. The van der Waals surface area contributed by atoms with Gasteiger partial charge >= 0.3 is 5.97 Å². The van der Waals surface area contributed by atoms with E-state index >= 15 is 0 Å². The molecule has 0 spiro atoms. The zero-order valence-electron chi connectivity index (χ0n) is 9.60. The van der Waals surface area contributed by atoms with Gasteiger partial charge in [0.15, 0.2) is 0 Å². The molecule has 16 heavy (non-hydrogen) atoms. The number of hydrogen-bond acceptors (Lipinski definition) is 4. The van der Waals surface area contributed by atoms with Crippen molar-refractivity contribution < 1.29 is 14.7 Å². The minimum absolute atomic E-state index is 0.361. The van der Waals surface area contributed by atoms with Crippen LogP contribution in [0.4, 0.5) is 0 Å². The van der Waals surface area contributed by atoms with Gasteiger partial charge in [0.1, 0.15) is 5.60 Å². The van der Waals surface area contributed by atoms with Crippen LogP contribution in [0.25, 0.3) is 0 Å². The molecule has 0 fully saturated rings. The van der Waals surface area contributed by atoms with E-state index in [0.717, 1.165) is 5.56 Å². The molecule has 0 atom stereocenters. The Bertz CT molecular complexity index is 388. The molecular weight excluding hydrogens is 206 g/mol. The van der Waals surface area contributed by atoms with E-state index in [0.29, 0.717) is 5.56 Å². The zero-order chi connectivity index (χ0) is 12.2. The maximum absolute atomic E-state index is 11.6. The third kappa shape index (κ3) is 3.73. The van der Waals surface area contributed by atoms with Crippen LogP contribution in [0.2, 0.25) is 0 Å². The minimum Gasteiger partial charge on any atom is -0.456 e. The van der Waals surface area contributed by atoms with Crippen LogP contribution in [-0.4, -0.2) is 23.0 Å². The third-order valence-electron chi connectivity index (χ3n) is 1.75. The Morgan fingerprint density at radius 3 is 2.31 bits per heavy atom. The van der Waals surface area contributed by atoms with Crippen molar-refractivity contribution in [3.63, 3.8) is 0 Å². The van der Waals surface area contributed by atoms with Crippen molar-refractivity contribution in [1.82, 2.24) is 0 Å². The molecule has 4 heteroatoms. The Labute approximate surface area is 94.5 Å². The van der Waals surface area contributed by atoms with E-state index in [4.69, 9.17) is 9.94 Å². The molecule has 1 aromatic rings. The number of carbonyl (C=O) groups excluding carboxylic acids is 1. The minimum atomic E-state index is -0.498. The summed E-state index contributed by atoms with van der Waals surface area (Å²) in [5.41, 5.74) is 0.697. The molecule has 0 aromatic heterocycles. The number of rotatable bonds is 2. The van der Waals surface area contributed by atoms with Crippen LogP contribution in [0.1, 0.15) is 36.7 Å². The molecular formula is C12H15NO3. The summed E-state index contributed by atoms with van der Waals surface area (Å²) in [6, 6.07) is 6.62. The van der Waals surface area contributed by atoms with E-state index in [9.17, 15) is 4.79 Å². The van der Waals surface area contributed by atoms with E-state index in [1.165, 1.54) is 6.21 Å². The topological polar surface area (TPSA) is 58.9 Å². The van der Waals surface area contributed by atoms with E-state index in [2.05, 4.69) is 5.16 Å². The molecule has 0 aliphatic carbocycles. The highest BCUT2D eigenvalue weighted by Gasteiger charge is 2.17. The zero-order valence-corrected chi connectivity index (χ0v) is 9.60. The van der Waals surface area contributed by atoms with Crippen molar-refractivity contribution in [3.05, 3.63) is 35.4 Å². The van der Waals surface area contributed by atoms with Gasteiger partial charge in [-0.2, -0.15) is 0 Å². The first-order chi connectivity index (χ1) is 7.42. The highest BCUT2D eigenvalue weighted by atomic mass is 16.6. The summed E-state index contributed by atoms with van der Waals surface area (Å²) >= 11 is 0. The van der Waals surface area contributed by atoms with E-state index in [1.807, 2.05) is 20.8 Å². The molecule has 0 aliphatic rings. The summed E-state index contributed by atoms with van der Waals surface area (Å²) in [4.78, 5) is 11.6. The second-order valence-corrected chi connectivity index (χ2v) is 4.37. The van der Waals surface area contributed by atoms with Gasteiger partial charge in [-0.25, -0.2) is 4.79 Å². The molecule has 0 radical (unpaired) electrons. The number of nitrogens with zero attached hydrogens (tertiary/aromatic N) is 1. The molecule has 4 nitrogen and oxygen atoms in total. The summed E-state index contributed by atoms with van der Waals surface area (Å²) in [5.74, 6) is -0.361. The maximum atomic E-state index is 11.6. The van der Waals surface area contributed by atoms with Gasteiger partial charge in [0.2, 0.25) is 0 Å². The molecule has 1 rings (SSSR count). The van der Waals surface area contributed by atoms with Crippen molar-refractivity contribution in [1.29, 1.82) is 0 Å². The van der Waals surface area contributed by atoms with Gasteiger partial charge in [-0.3, -0.25) is 0 Å². The van der Waals surface area contributed by atoms with Crippen LogP contribution < -0.4 is 0 Å². The quantitative estimate of drug-likeness (QED) is 0.361. The summed E-state index contributed by atoms with van der Waals surface area (Å²) in [6.45, 7) is 5.45. The molecule has 0 heterocycles. The van der Waals surface area contributed by atoms with Crippen molar-refractivity contribution in [2.45, 2.75) is 26.4 Å². The number of ether oxygens (including phenoxy) is 1. The normalized spacial score (nSPS) is 11.7. The Kier molecular flexibility index (Phi) is 3.66. The van der Waals surface area contributed by atoms with Gasteiger partial charge in [0.25, 0.3) is 0 Å². The predicted octanol–water partition coefficient (Wildman–Crippen LogP) is 2.45. The average molecular weight is 221 g/mol. The molecule has 0 saturated carbocycles. The first-order valence-electron chi connectivity index (χ1n) is 4.93. The van der Waals surface area contributed by atoms with Gasteiger partial charge in [-0.05, 0) is 38.5 Å². The predicted molar refractivity (Wildman–Crippen MR) is 61.0 cm³/mol. The van der Waals surface area contributed by atoms with Gasteiger partial charge in [0, 0.05) is 0 Å². The first-order valence-corrected chi connectivity index (χ1v) is 4.93. The fourth-order valence-corrected chi connectivity index (χ4v) is 1.11. The summed E-state index contributed by atoms with van der Waals surface area (Å²) in [6.07, 6.45) is 1.29. The molecule has 1 aromatic carbocycles. The fourth-order valence-electron chi connectivity index (χ4n) is 1.11. The second kappa shape index (κ2) is 4.79.